The molecule has 0 radical (unpaired) electrons. The summed E-state index contributed by atoms with van der Waals surface area (Å²) >= 11 is 0. The van der Waals surface area contributed by atoms with Gasteiger partial charge in [-0.3, -0.25) is 10.1 Å². The molecular formula is C10H8FN3O3. The fraction of sp³-hybridized carbons (Fsp3) is 0.100. The molecule has 17 heavy (non-hydrogen) atoms. The summed E-state index contributed by atoms with van der Waals surface area (Å²) in [5.41, 5.74) is 0.109. The molecular weight excluding hydrogens is 229 g/mol. The lowest BCUT2D eigenvalue weighted by Gasteiger charge is -2.02. The molecule has 0 aliphatic rings. The van der Waals surface area contributed by atoms with E-state index >= 15 is 0 Å². The number of nitro groups is 1. The Hall–Kier alpha value is -2.28. The minimum absolute atomic E-state index is 0.0288. The van der Waals surface area contributed by atoms with Crippen LogP contribution in [0, 0.1) is 15.9 Å². The van der Waals surface area contributed by atoms with Crippen LogP contribution < -0.4 is 0 Å². The van der Waals surface area contributed by atoms with E-state index in [-0.39, 0.29) is 18.0 Å². The molecule has 1 aromatic carbocycles. The normalized spacial score (nSPS) is 10.5. The third kappa shape index (κ3) is 2.13. The van der Waals surface area contributed by atoms with Crippen molar-refractivity contribution in [3.8, 4) is 5.69 Å². The fourth-order valence-corrected chi connectivity index (χ4v) is 1.37. The molecule has 0 aliphatic carbocycles. The Morgan fingerprint density at radius 3 is 2.82 bits per heavy atom. The maximum Gasteiger partial charge on any atom is 0.271 e. The highest BCUT2D eigenvalue weighted by atomic mass is 19.1. The van der Waals surface area contributed by atoms with Crippen LogP contribution in [0.5, 0.6) is 0 Å². The number of rotatable bonds is 3. The van der Waals surface area contributed by atoms with E-state index in [1.807, 2.05) is 0 Å². The van der Waals surface area contributed by atoms with E-state index in [1.54, 1.807) is 0 Å². The molecule has 0 spiro atoms. The molecule has 7 heteroatoms. The lowest BCUT2D eigenvalue weighted by Crippen LogP contribution is -2.01. The number of aliphatic hydroxyl groups is 1. The minimum Gasteiger partial charge on any atom is -0.390 e. The monoisotopic (exact) mass is 237 g/mol. The number of nitro benzene ring substituents is 1. The zero-order chi connectivity index (χ0) is 12.4. The van der Waals surface area contributed by atoms with Crippen molar-refractivity contribution in [3.63, 3.8) is 0 Å². The molecule has 0 aliphatic heterocycles. The predicted molar refractivity (Wildman–Crippen MR) is 56.1 cm³/mol. The van der Waals surface area contributed by atoms with Crippen molar-refractivity contribution < 1.29 is 14.4 Å². The van der Waals surface area contributed by atoms with E-state index in [1.165, 1.54) is 12.3 Å². The summed E-state index contributed by atoms with van der Waals surface area (Å²) in [6.45, 7) is -0.274. The van der Waals surface area contributed by atoms with Crippen molar-refractivity contribution in [3.05, 3.63) is 52.1 Å². The van der Waals surface area contributed by atoms with Gasteiger partial charge in [-0.1, -0.05) is 0 Å². The molecule has 0 fully saturated rings. The third-order valence-electron chi connectivity index (χ3n) is 2.19. The van der Waals surface area contributed by atoms with Gasteiger partial charge in [-0.2, -0.15) is 5.10 Å². The first-order valence-corrected chi connectivity index (χ1v) is 4.71. The molecule has 0 amide bonds. The lowest BCUT2D eigenvalue weighted by atomic mass is 10.2. The number of non-ortho nitro benzene ring substituents is 1. The fourth-order valence-electron chi connectivity index (χ4n) is 1.37. The Morgan fingerprint density at radius 1 is 1.47 bits per heavy atom. The highest BCUT2D eigenvalue weighted by Crippen LogP contribution is 2.20. The van der Waals surface area contributed by atoms with Crippen LogP contribution in [0.2, 0.25) is 0 Å². The first kappa shape index (κ1) is 11.2. The largest absolute Gasteiger partial charge is 0.390 e. The van der Waals surface area contributed by atoms with Crippen LogP contribution >= 0.6 is 0 Å². The molecule has 0 saturated carbocycles. The van der Waals surface area contributed by atoms with Crippen molar-refractivity contribution in [2.75, 3.05) is 0 Å². The molecule has 1 heterocycles. The van der Waals surface area contributed by atoms with Crippen LogP contribution in [0.25, 0.3) is 5.69 Å². The molecule has 1 N–H and O–H groups in total. The van der Waals surface area contributed by atoms with Gasteiger partial charge in [0.25, 0.3) is 5.69 Å². The summed E-state index contributed by atoms with van der Waals surface area (Å²) < 4.78 is 14.6. The Balaban J connectivity index is 2.49. The molecule has 2 aromatic rings. The third-order valence-corrected chi connectivity index (χ3v) is 2.19. The van der Waals surface area contributed by atoms with Gasteiger partial charge in [0.2, 0.25) is 0 Å². The predicted octanol–water partition coefficient (Wildman–Crippen LogP) is 1.41. The van der Waals surface area contributed by atoms with E-state index < -0.39 is 10.7 Å². The Morgan fingerprint density at radius 2 is 2.24 bits per heavy atom. The van der Waals surface area contributed by atoms with Crippen molar-refractivity contribution >= 4 is 5.69 Å². The van der Waals surface area contributed by atoms with Crippen LogP contribution in [0.1, 0.15) is 5.69 Å². The number of nitrogens with zero attached hydrogens (tertiary/aromatic N) is 3. The van der Waals surface area contributed by atoms with Crippen LogP contribution in [0.3, 0.4) is 0 Å². The average molecular weight is 237 g/mol. The summed E-state index contributed by atoms with van der Waals surface area (Å²) in [5.74, 6) is -0.622. The number of halogens is 1. The highest BCUT2D eigenvalue weighted by Gasteiger charge is 2.13. The maximum atomic E-state index is 13.5. The van der Waals surface area contributed by atoms with Crippen molar-refractivity contribution in [1.29, 1.82) is 0 Å². The zero-order valence-corrected chi connectivity index (χ0v) is 8.58. The summed E-state index contributed by atoms with van der Waals surface area (Å²) in [6.07, 6.45) is 1.42. The Labute approximate surface area is 95.1 Å². The Kier molecular flexibility index (Phi) is 2.84. The van der Waals surface area contributed by atoms with Crippen molar-refractivity contribution in [2.24, 2.45) is 0 Å². The first-order valence-electron chi connectivity index (χ1n) is 4.71. The van der Waals surface area contributed by atoms with Crippen LogP contribution in [0.15, 0.2) is 30.5 Å². The standard InChI is InChI=1S/C10H8FN3O3/c11-9-2-1-8(14(16)17)5-10(9)13-4-3-7(6-15)12-13/h1-5,15H,6H2. The first-order chi connectivity index (χ1) is 8.11. The second kappa shape index (κ2) is 4.30. The van der Waals surface area contributed by atoms with Gasteiger partial charge in [0, 0.05) is 18.3 Å². The Bertz CT molecular complexity index is 568. The number of benzene rings is 1. The van der Waals surface area contributed by atoms with Crippen LogP contribution in [-0.4, -0.2) is 19.8 Å². The molecule has 0 bridgehead atoms. The lowest BCUT2D eigenvalue weighted by molar-refractivity contribution is -0.384. The van der Waals surface area contributed by atoms with Gasteiger partial charge >= 0.3 is 0 Å². The molecule has 88 valence electrons. The zero-order valence-electron chi connectivity index (χ0n) is 8.58. The SMILES string of the molecule is O=[N+]([O-])c1ccc(F)c(-n2ccc(CO)n2)c1. The average Bonchev–Trinajstić information content (AvgIpc) is 2.77. The van der Waals surface area contributed by atoms with Gasteiger partial charge in [-0.25, -0.2) is 9.07 Å². The van der Waals surface area contributed by atoms with Gasteiger partial charge < -0.3 is 5.11 Å². The van der Waals surface area contributed by atoms with E-state index in [9.17, 15) is 14.5 Å². The molecule has 1 aromatic heterocycles. The highest BCUT2D eigenvalue weighted by molar-refractivity contribution is 5.43. The summed E-state index contributed by atoms with van der Waals surface area (Å²) in [4.78, 5) is 9.96. The van der Waals surface area contributed by atoms with Crippen molar-refractivity contribution in [2.45, 2.75) is 6.61 Å². The number of aromatic nitrogens is 2. The van der Waals surface area contributed by atoms with Crippen LogP contribution in [0.4, 0.5) is 10.1 Å². The van der Waals surface area contributed by atoms with E-state index in [2.05, 4.69) is 5.10 Å². The molecule has 0 unspecified atom stereocenters. The quantitative estimate of drug-likeness (QED) is 0.646. The van der Waals surface area contributed by atoms with Gasteiger partial charge in [0.15, 0.2) is 0 Å². The number of aliphatic hydroxyl groups excluding tert-OH is 1. The van der Waals surface area contributed by atoms with E-state index in [0.717, 1.165) is 22.9 Å². The number of hydrogen-bond donors (Lipinski definition) is 1. The van der Waals surface area contributed by atoms with Gasteiger partial charge in [0.05, 0.1) is 17.2 Å². The van der Waals surface area contributed by atoms with Gasteiger partial charge in [0.1, 0.15) is 11.5 Å². The molecule has 0 atom stereocenters. The van der Waals surface area contributed by atoms with E-state index in [0.29, 0.717) is 5.69 Å². The smallest absolute Gasteiger partial charge is 0.271 e. The number of hydrogen-bond acceptors (Lipinski definition) is 4. The van der Waals surface area contributed by atoms with Crippen LogP contribution in [-0.2, 0) is 6.61 Å². The summed E-state index contributed by atoms with van der Waals surface area (Å²) in [5, 5.41) is 23.3. The van der Waals surface area contributed by atoms with Gasteiger partial charge in [-0.05, 0) is 12.1 Å². The van der Waals surface area contributed by atoms with Crippen molar-refractivity contribution in [1.82, 2.24) is 9.78 Å². The maximum absolute atomic E-state index is 13.5. The van der Waals surface area contributed by atoms with E-state index in [4.69, 9.17) is 5.11 Å². The molecule has 6 nitrogen and oxygen atoms in total. The second-order valence-electron chi connectivity index (χ2n) is 3.30. The van der Waals surface area contributed by atoms with Gasteiger partial charge in [-0.15, -0.1) is 0 Å². The summed E-state index contributed by atoms with van der Waals surface area (Å²) in [7, 11) is 0. The second-order valence-corrected chi connectivity index (χ2v) is 3.30. The molecule has 2 rings (SSSR count). The molecule has 0 saturated heterocycles. The topological polar surface area (TPSA) is 81.2 Å². The summed E-state index contributed by atoms with van der Waals surface area (Å²) in [6, 6.07) is 4.67. The minimum atomic E-state index is -0.622.